The van der Waals surface area contributed by atoms with Gasteiger partial charge in [0.2, 0.25) is 0 Å². The molecule has 0 aliphatic carbocycles. The Morgan fingerprint density at radius 3 is 2.37 bits per heavy atom. The van der Waals surface area contributed by atoms with Crippen molar-refractivity contribution in [3.05, 3.63) is 55.4 Å². The van der Waals surface area contributed by atoms with E-state index in [2.05, 4.69) is 15.9 Å². The first-order valence-corrected chi connectivity index (χ1v) is 7.64. The quantitative estimate of drug-likeness (QED) is 0.400. The molecular weight excluding hydrogens is 394 g/mol. The Bertz CT molecular complexity index is 616. The summed E-state index contributed by atoms with van der Waals surface area (Å²) in [5.41, 5.74) is 0.782. The smallest absolute Gasteiger partial charge is 0.147 e. The van der Waals surface area contributed by atoms with Crippen LogP contribution in [0.5, 0.6) is 11.5 Å². The maximum absolute atomic E-state index is 6.11. The van der Waals surface area contributed by atoms with Gasteiger partial charge in [0, 0.05) is 21.1 Å². The second kappa shape index (κ2) is 6.55. The fraction of sp³-hybridized carbons (Fsp3) is 0.0769. The highest BCUT2D eigenvalue weighted by molar-refractivity contribution is 9.10. The van der Waals surface area contributed by atoms with E-state index in [1.54, 1.807) is 30.3 Å². The average molecular weight is 401 g/mol. The Morgan fingerprint density at radius 2 is 1.68 bits per heavy atom. The van der Waals surface area contributed by atoms with Crippen LogP contribution in [0.1, 0.15) is 5.56 Å². The van der Waals surface area contributed by atoms with Gasteiger partial charge in [-0.2, -0.15) is 0 Å². The molecule has 1 nitrogen and oxygen atoms in total. The number of benzene rings is 2. The zero-order valence-corrected chi connectivity index (χ0v) is 14.0. The molecule has 0 atom stereocenters. The third-order valence-electron chi connectivity index (χ3n) is 2.36. The molecule has 6 heteroatoms. The summed E-state index contributed by atoms with van der Waals surface area (Å²) in [6, 6.07) is 8.53. The van der Waals surface area contributed by atoms with E-state index in [1.807, 2.05) is 0 Å². The largest absolute Gasteiger partial charge is 0.455 e. The lowest BCUT2D eigenvalue weighted by Crippen LogP contribution is -1.91. The van der Waals surface area contributed by atoms with E-state index in [1.165, 1.54) is 0 Å². The lowest BCUT2D eigenvalue weighted by Gasteiger charge is -2.12. The van der Waals surface area contributed by atoms with Crippen molar-refractivity contribution < 1.29 is 4.74 Å². The van der Waals surface area contributed by atoms with Crippen LogP contribution in [-0.4, -0.2) is 0 Å². The van der Waals surface area contributed by atoms with Gasteiger partial charge in [0.15, 0.2) is 0 Å². The summed E-state index contributed by atoms with van der Waals surface area (Å²) >= 11 is 27.2. The molecule has 0 heterocycles. The molecule has 2 rings (SSSR count). The van der Waals surface area contributed by atoms with Crippen molar-refractivity contribution in [2.75, 3.05) is 0 Å². The second-order valence-corrected chi connectivity index (χ2v) is 6.06. The van der Waals surface area contributed by atoms with E-state index in [0.717, 1.165) is 5.56 Å². The molecule has 0 N–H and O–H groups in total. The Labute approximate surface area is 139 Å². The zero-order valence-electron chi connectivity index (χ0n) is 9.39. The van der Waals surface area contributed by atoms with Crippen LogP contribution >= 0.6 is 62.3 Å². The second-order valence-electron chi connectivity index (χ2n) is 3.68. The molecule has 0 bridgehead atoms. The van der Waals surface area contributed by atoms with Crippen LogP contribution in [0.25, 0.3) is 0 Å². The normalized spacial score (nSPS) is 10.6. The van der Waals surface area contributed by atoms with Crippen LogP contribution < -0.4 is 4.74 Å². The first-order valence-electron chi connectivity index (χ1n) is 5.18. The predicted molar refractivity (Wildman–Crippen MR) is 85.2 cm³/mol. The van der Waals surface area contributed by atoms with Crippen LogP contribution in [0.15, 0.2) is 34.8 Å². The van der Waals surface area contributed by atoms with Crippen LogP contribution in [0, 0.1) is 0 Å². The van der Waals surface area contributed by atoms with Crippen molar-refractivity contribution in [2.24, 2.45) is 0 Å². The maximum atomic E-state index is 6.11. The van der Waals surface area contributed by atoms with Crippen LogP contribution in [-0.2, 0) is 5.88 Å². The van der Waals surface area contributed by atoms with Gasteiger partial charge >= 0.3 is 0 Å². The number of rotatable bonds is 3. The van der Waals surface area contributed by atoms with Gasteiger partial charge in [0.25, 0.3) is 0 Å². The predicted octanol–water partition coefficient (Wildman–Crippen LogP) is 6.94. The van der Waals surface area contributed by atoms with Gasteiger partial charge in [-0.15, -0.1) is 11.6 Å². The van der Waals surface area contributed by atoms with Gasteiger partial charge in [0.05, 0.1) is 15.9 Å². The highest BCUT2D eigenvalue weighted by Gasteiger charge is 2.10. The summed E-state index contributed by atoms with van der Waals surface area (Å²) in [4.78, 5) is 0. The van der Waals surface area contributed by atoms with Crippen LogP contribution in [0.3, 0.4) is 0 Å². The number of ether oxygens (including phenoxy) is 1. The van der Waals surface area contributed by atoms with Crippen molar-refractivity contribution in [3.8, 4) is 11.5 Å². The van der Waals surface area contributed by atoms with Gasteiger partial charge in [0.1, 0.15) is 11.5 Å². The van der Waals surface area contributed by atoms with E-state index < -0.39 is 0 Å². The molecule has 0 saturated carbocycles. The van der Waals surface area contributed by atoms with Crippen molar-refractivity contribution >= 4 is 62.3 Å². The molecule has 19 heavy (non-hydrogen) atoms. The molecular formula is C13H7BrCl4O. The summed E-state index contributed by atoms with van der Waals surface area (Å²) in [5, 5.41) is 1.57. The van der Waals surface area contributed by atoms with E-state index in [0.29, 0.717) is 31.0 Å². The van der Waals surface area contributed by atoms with Gasteiger partial charge < -0.3 is 4.74 Å². The van der Waals surface area contributed by atoms with Gasteiger partial charge in [-0.05, 0) is 40.2 Å². The standard InChI is InChI=1S/C13H7BrCl4O/c14-9-4-11(18)13(5-10(9)17)19-12-2-1-8(16)3-7(12)6-15/h1-5H,6H2. The molecule has 2 aromatic rings. The van der Waals surface area contributed by atoms with Crippen molar-refractivity contribution in [1.82, 2.24) is 0 Å². The fourth-order valence-corrected chi connectivity index (χ4v) is 2.69. The Balaban J connectivity index is 2.39. The lowest BCUT2D eigenvalue weighted by atomic mass is 10.2. The monoisotopic (exact) mass is 398 g/mol. The molecule has 0 radical (unpaired) electrons. The topological polar surface area (TPSA) is 9.23 Å². The van der Waals surface area contributed by atoms with Gasteiger partial charge in [-0.1, -0.05) is 34.8 Å². The average Bonchev–Trinajstić information content (AvgIpc) is 2.37. The number of hydrogen-bond donors (Lipinski definition) is 0. The number of halogens is 5. The Hall–Kier alpha value is -0.120. The van der Waals surface area contributed by atoms with E-state index in [4.69, 9.17) is 51.1 Å². The summed E-state index contributed by atoms with van der Waals surface area (Å²) < 4.78 is 6.45. The Morgan fingerprint density at radius 1 is 0.947 bits per heavy atom. The number of hydrogen-bond acceptors (Lipinski definition) is 1. The minimum atomic E-state index is 0.289. The highest BCUT2D eigenvalue weighted by Crippen LogP contribution is 2.38. The summed E-state index contributed by atoms with van der Waals surface area (Å²) in [6.07, 6.45) is 0. The molecule has 0 aliphatic heterocycles. The third-order valence-corrected chi connectivity index (χ3v) is 4.38. The van der Waals surface area contributed by atoms with Crippen molar-refractivity contribution in [1.29, 1.82) is 0 Å². The number of alkyl halides is 1. The third kappa shape index (κ3) is 3.71. The molecule has 0 saturated heterocycles. The van der Waals surface area contributed by atoms with Crippen molar-refractivity contribution in [2.45, 2.75) is 5.88 Å². The van der Waals surface area contributed by atoms with Gasteiger partial charge in [-0.3, -0.25) is 0 Å². The Kier molecular flexibility index (Phi) is 5.27. The first kappa shape index (κ1) is 15.3. The highest BCUT2D eigenvalue weighted by atomic mass is 79.9. The molecule has 0 aliphatic rings. The minimum Gasteiger partial charge on any atom is -0.455 e. The molecule has 2 aromatic carbocycles. The maximum Gasteiger partial charge on any atom is 0.147 e. The van der Waals surface area contributed by atoms with Gasteiger partial charge in [-0.25, -0.2) is 0 Å². The SMILES string of the molecule is ClCc1cc(Cl)ccc1Oc1cc(Cl)c(Br)cc1Cl. The molecule has 0 unspecified atom stereocenters. The lowest BCUT2D eigenvalue weighted by molar-refractivity contribution is 0.478. The minimum absolute atomic E-state index is 0.289. The molecule has 0 fully saturated rings. The van der Waals surface area contributed by atoms with Crippen LogP contribution in [0.4, 0.5) is 0 Å². The van der Waals surface area contributed by atoms with Crippen LogP contribution in [0.2, 0.25) is 15.1 Å². The molecule has 0 amide bonds. The fourth-order valence-electron chi connectivity index (χ4n) is 1.45. The molecule has 0 aromatic heterocycles. The summed E-state index contributed by atoms with van der Waals surface area (Å²) in [7, 11) is 0. The van der Waals surface area contributed by atoms with E-state index in [-0.39, 0.29) is 5.88 Å². The zero-order chi connectivity index (χ0) is 14.0. The summed E-state index contributed by atoms with van der Waals surface area (Å²) in [5.74, 6) is 1.35. The first-order chi connectivity index (χ1) is 9.01. The molecule has 0 spiro atoms. The van der Waals surface area contributed by atoms with Crippen molar-refractivity contribution in [3.63, 3.8) is 0 Å². The summed E-state index contributed by atoms with van der Waals surface area (Å²) in [6.45, 7) is 0. The molecule has 100 valence electrons. The van der Waals surface area contributed by atoms with E-state index >= 15 is 0 Å². The van der Waals surface area contributed by atoms with E-state index in [9.17, 15) is 0 Å².